The fourth-order valence-electron chi connectivity index (χ4n) is 0.860. The van der Waals surface area contributed by atoms with E-state index in [9.17, 15) is 4.39 Å². The van der Waals surface area contributed by atoms with Crippen molar-refractivity contribution in [1.82, 2.24) is 15.2 Å². The van der Waals surface area contributed by atoms with Crippen LogP contribution in [0, 0.1) is 6.08 Å². The van der Waals surface area contributed by atoms with Crippen molar-refractivity contribution >= 4 is 11.0 Å². The number of rotatable bonds is 0. The van der Waals surface area contributed by atoms with Crippen LogP contribution in [0.4, 0.5) is 4.39 Å². The molecule has 1 heterocycles. The largest absolute Gasteiger partial charge is 0.327 e. The van der Waals surface area contributed by atoms with Crippen LogP contribution >= 0.6 is 0 Å². The van der Waals surface area contributed by atoms with Crippen molar-refractivity contribution in [3.63, 3.8) is 0 Å². The Morgan fingerprint density at radius 1 is 1.00 bits per heavy atom. The summed E-state index contributed by atoms with van der Waals surface area (Å²) >= 11 is 0. The number of fused-ring (bicyclic) bond motifs is 1. The molecule has 0 radical (unpaired) electrons. The monoisotopic (exact) mass is 149 g/mol. The molecule has 0 saturated carbocycles. The van der Waals surface area contributed by atoms with Crippen molar-refractivity contribution in [3.8, 4) is 0 Å². The maximum Gasteiger partial charge on any atom is 0.327 e. The number of halogens is 1. The highest BCUT2D eigenvalue weighted by atomic mass is 19.1. The van der Waals surface area contributed by atoms with E-state index >= 15 is 0 Å². The van der Waals surface area contributed by atoms with Crippen molar-refractivity contribution in [3.05, 3.63) is 30.3 Å². The van der Waals surface area contributed by atoms with E-state index in [1.165, 1.54) is 0 Å². The minimum atomic E-state index is -0.788. The smallest absolute Gasteiger partial charge is 0.199 e. The zero-order valence-corrected chi connectivity index (χ0v) is 5.53. The highest BCUT2D eigenvalue weighted by Gasteiger charge is 1.96. The first kappa shape index (κ1) is 6.15. The number of para-hydroxylation sites is 1. The maximum atomic E-state index is 12.4. The molecular formula is C7H4FN3. The lowest BCUT2D eigenvalue weighted by Gasteiger charge is -1.91. The molecular weight excluding hydrogens is 145 g/mol. The van der Waals surface area contributed by atoms with Crippen molar-refractivity contribution in [2.24, 2.45) is 0 Å². The predicted octanol–water partition coefficient (Wildman–Crippen LogP) is 1.16. The van der Waals surface area contributed by atoms with Crippen LogP contribution in [-0.2, 0) is 0 Å². The number of aromatic nitrogens is 3. The zero-order valence-electron chi connectivity index (χ0n) is 5.53. The van der Waals surface area contributed by atoms with E-state index in [1.807, 2.05) is 0 Å². The third-order valence-corrected chi connectivity index (χ3v) is 1.33. The third kappa shape index (κ3) is 1.02. The van der Waals surface area contributed by atoms with Gasteiger partial charge in [-0.15, -0.1) is 5.10 Å². The van der Waals surface area contributed by atoms with Crippen LogP contribution in [0.15, 0.2) is 24.3 Å². The number of hydrogen-bond donors (Lipinski definition) is 0. The maximum absolute atomic E-state index is 12.4. The second-order valence-corrected chi connectivity index (χ2v) is 2.07. The number of benzene rings is 1. The topological polar surface area (TPSA) is 38.7 Å². The molecule has 1 aromatic carbocycles. The standard InChI is InChI=1S/C7H4FN3/c8-7-9-5-3-1-2-4-6(5)10-11-7/h1-4H. The number of nitrogens with zero attached hydrogens (tertiary/aromatic N) is 3. The van der Waals surface area contributed by atoms with E-state index < -0.39 is 6.08 Å². The van der Waals surface area contributed by atoms with Crippen LogP contribution in [0.2, 0.25) is 0 Å². The molecule has 0 bridgehead atoms. The SMILES string of the molecule is Fc1nnc2ccccc2n1. The first-order valence-corrected chi connectivity index (χ1v) is 3.11. The molecule has 0 aliphatic heterocycles. The first-order chi connectivity index (χ1) is 5.36. The molecule has 4 heteroatoms. The van der Waals surface area contributed by atoms with Gasteiger partial charge >= 0.3 is 6.08 Å². The van der Waals surface area contributed by atoms with Gasteiger partial charge in [0.15, 0.2) is 0 Å². The van der Waals surface area contributed by atoms with Gasteiger partial charge in [0.05, 0.1) is 5.52 Å². The lowest BCUT2D eigenvalue weighted by molar-refractivity contribution is 0.526. The average Bonchev–Trinajstić information content (AvgIpc) is 2.04. The summed E-state index contributed by atoms with van der Waals surface area (Å²) < 4.78 is 12.4. The molecule has 0 atom stereocenters. The van der Waals surface area contributed by atoms with Gasteiger partial charge in [-0.05, 0) is 12.1 Å². The highest BCUT2D eigenvalue weighted by Crippen LogP contribution is 2.05. The van der Waals surface area contributed by atoms with Crippen LogP contribution in [0.1, 0.15) is 0 Å². The summed E-state index contributed by atoms with van der Waals surface area (Å²) in [5.74, 6) is 0. The molecule has 3 nitrogen and oxygen atoms in total. The van der Waals surface area contributed by atoms with Crippen molar-refractivity contribution < 1.29 is 4.39 Å². The minimum absolute atomic E-state index is 0.528. The summed E-state index contributed by atoms with van der Waals surface area (Å²) in [6.07, 6.45) is -0.788. The summed E-state index contributed by atoms with van der Waals surface area (Å²) in [5, 5.41) is 6.77. The van der Waals surface area contributed by atoms with E-state index in [-0.39, 0.29) is 0 Å². The fraction of sp³-hybridized carbons (Fsp3) is 0. The van der Waals surface area contributed by atoms with Gasteiger partial charge in [-0.1, -0.05) is 17.2 Å². The highest BCUT2D eigenvalue weighted by molar-refractivity contribution is 5.72. The summed E-state index contributed by atoms with van der Waals surface area (Å²) in [7, 11) is 0. The van der Waals surface area contributed by atoms with Gasteiger partial charge in [0.2, 0.25) is 0 Å². The van der Waals surface area contributed by atoms with Crippen LogP contribution in [0.3, 0.4) is 0 Å². The summed E-state index contributed by atoms with van der Waals surface area (Å²) in [5.41, 5.74) is 1.13. The molecule has 0 unspecified atom stereocenters. The minimum Gasteiger partial charge on any atom is -0.199 e. The summed E-state index contributed by atoms with van der Waals surface area (Å²) in [6.45, 7) is 0. The molecule has 2 rings (SSSR count). The lowest BCUT2D eigenvalue weighted by Crippen LogP contribution is -1.92. The molecule has 0 saturated heterocycles. The fourth-order valence-corrected chi connectivity index (χ4v) is 0.860. The third-order valence-electron chi connectivity index (χ3n) is 1.33. The van der Waals surface area contributed by atoms with Crippen LogP contribution in [0.5, 0.6) is 0 Å². The molecule has 2 aromatic rings. The quantitative estimate of drug-likeness (QED) is 0.564. The first-order valence-electron chi connectivity index (χ1n) is 3.11. The molecule has 0 aliphatic carbocycles. The number of hydrogen-bond acceptors (Lipinski definition) is 3. The Morgan fingerprint density at radius 2 is 1.73 bits per heavy atom. The lowest BCUT2D eigenvalue weighted by atomic mass is 10.3. The van der Waals surface area contributed by atoms with Crippen LogP contribution < -0.4 is 0 Å². The average molecular weight is 149 g/mol. The van der Waals surface area contributed by atoms with Gasteiger partial charge in [-0.2, -0.15) is 9.37 Å². The Morgan fingerprint density at radius 3 is 2.55 bits per heavy atom. The van der Waals surface area contributed by atoms with E-state index in [1.54, 1.807) is 24.3 Å². The summed E-state index contributed by atoms with van der Waals surface area (Å²) in [6, 6.07) is 6.99. The Balaban J connectivity index is 2.83. The molecule has 1 aromatic heterocycles. The Bertz CT molecular complexity index is 388. The molecule has 0 aliphatic rings. The second-order valence-electron chi connectivity index (χ2n) is 2.07. The van der Waals surface area contributed by atoms with Gasteiger partial charge in [0.1, 0.15) is 5.52 Å². The molecule has 0 fully saturated rings. The van der Waals surface area contributed by atoms with Crippen molar-refractivity contribution in [1.29, 1.82) is 0 Å². The van der Waals surface area contributed by atoms with Crippen molar-refractivity contribution in [2.45, 2.75) is 0 Å². The predicted molar refractivity (Wildman–Crippen MR) is 37.3 cm³/mol. The Kier molecular flexibility index (Phi) is 1.25. The van der Waals surface area contributed by atoms with E-state index in [2.05, 4.69) is 15.2 Å². The molecule has 0 spiro atoms. The van der Waals surface area contributed by atoms with E-state index in [4.69, 9.17) is 0 Å². The van der Waals surface area contributed by atoms with Crippen LogP contribution in [-0.4, -0.2) is 15.2 Å². The van der Waals surface area contributed by atoms with Gasteiger partial charge < -0.3 is 0 Å². The van der Waals surface area contributed by atoms with Gasteiger partial charge in [0, 0.05) is 0 Å². The zero-order chi connectivity index (χ0) is 7.68. The van der Waals surface area contributed by atoms with Crippen molar-refractivity contribution in [2.75, 3.05) is 0 Å². The Hall–Kier alpha value is -1.58. The molecule has 0 N–H and O–H groups in total. The van der Waals surface area contributed by atoms with Gasteiger partial charge in [-0.25, -0.2) is 0 Å². The van der Waals surface area contributed by atoms with E-state index in [0.29, 0.717) is 11.0 Å². The second kappa shape index (κ2) is 2.23. The van der Waals surface area contributed by atoms with E-state index in [0.717, 1.165) is 0 Å². The van der Waals surface area contributed by atoms with Gasteiger partial charge in [-0.3, -0.25) is 0 Å². The summed E-state index contributed by atoms with van der Waals surface area (Å²) in [4.78, 5) is 3.54. The van der Waals surface area contributed by atoms with Crippen LogP contribution in [0.25, 0.3) is 11.0 Å². The molecule has 0 amide bonds. The Labute approximate surface area is 61.9 Å². The molecule has 54 valence electrons. The normalized spacial score (nSPS) is 10.3. The van der Waals surface area contributed by atoms with Gasteiger partial charge in [0.25, 0.3) is 0 Å². The molecule has 11 heavy (non-hydrogen) atoms.